The number of para-hydroxylation sites is 1. The van der Waals surface area contributed by atoms with Crippen LogP contribution in [0, 0.1) is 0 Å². The molecule has 0 N–H and O–H groups in total. The van der Waals surface area contributed by atoms with Crippen molar-refractivity contribution in [2.75, 3.05) is 9.80 Å². The highest BCUT2D eigenvalue weighted by Crippen LogP contribution is 2.56. The number of fused-ring (bicyclic) bond motifs is 4. The van der Waals surface area contributed by atoms with Crippen LogP contribution < -0.4 is 26.2 Å². The number of hydrogen-bond acceptors (Lipinski definition) is 3. The van der Waals surface area contributed by atoms with Crippen LogP contribution in [0.4, 0.5) is 34.1 Å². The molecule has 1 aromatic heterocycles. The lowest BCUT2D eigenvalue weighted by molar-refractivity contribution is 0.531. The molecule has 518 valence electrons. The van der Waals surface area contributed by atoms with Crippen molar-refractivity contribution in [1.29, 1.82) is 0 Å². The predicted octanol–water partition coefficient (Wildman–Crippen LogP) is 25.9. The summed E-state index contributed by atoms with van der Waals surface area (Å²) in [6, 6.07) is 80.3. The molecule has 0 radical (unpaired) electrons. The van der Waals surface area contributed by atoms with E-state index in [1.807, 2.05) is 6.07 Å². The van der Waals surface area contributed by atoms with Crippen LogP contribution in [0.25, 0.3) is 77.9 Å². The maximum absolute atomic E-state index is 9.77. The fraction of sp³-hybridized carbons (Fsp3) is 0.283. The zero-order valence-corrected chi connectivity index (χ0v) is 64.7. The first-order valence-electron chi connectivity index (χ1n) is 39.5. The van der Waals surface area contributed by atoms with E-state index in [2.05, 4.69) is 368 Å². The Kier molecular flexibility index (Phi) is 15.9. The molecule has 0 aliphatic carbocycles. The Labute approximate surface area is 624 Å². The van der Waals surface area contributed by atoms with E-state index in [1.54, 1.807) is 0 Å². The number of aromatic nitrogens is 1. The van der Waals surface area contributed by atoms with Gasteiger partial charge in [0.05, 0.1) is 18.2 Å². The van der Waals surface area contributed by atoms with Crippen molar-refractivity contribution in [3.05, 3.63) is 288 Å². The number of benzene rings is 11. The summed E-state index contributed by atoms with van der Waals surface area (Å²) in [5.41, 5.74) is 28.7. The van der Waals surface area contributed by atoms with Gasteiger partial charge in [0.2, 0.25) is 0 Å². The van der Waals surface area contributed by atoms with Crippen LogP contribution in [0.3, 0.4) is 0 Å². The lowest BCUT2D eigenvalue weighted by atomic mass is 9.33. The van der Waals surface area contributed by atoms with Gasteiger partial charge in [0, 0.05) is 67.2 Å². The van der Waals surface area contributed by atoms with Crippen LogP contribution in [0.1, 0.15) is 191 Å². The Bertz CT molecular complexity index is 5370. The van der Waals surface area contributed by atoms with E-state index in [9.17, 15) is 5.48 Å². The lowest BCUT2D eigenvalue weighted by Gasteiger charge is -2.46. The van der Waals surface area contributed by atoms with E-state index >= 15 is 0 Å². The predicted molar refractivity (Wildman–Crippen MR) is 447 cm³/mol. The molecule has 3 nitrogen and oxygen atoms in total. The molecule has 0 fully saturated rings. The van der Waals surface area contributed by atoms with Crippen LogP contribution in [0.2, 0.25) is 0 Å². The first-order valence-corrected chi connectivity index (χ1v) is 37.0. The molecule has 3 heterocycles. The molecular weight excluding hydrogens is 1240 g/mol. The fourth-order valence-corrected chi connectivity index (χ4v) is 15.0. The molecule has 0 amide bonds. The molecule has 4 heteroatoms. The van der Waals surface area contributed by atoms with Gasteiger partial charge < -0.3 is 9.80 Å². The smallest absolute Gasteiger partial charge is 0.252 e. The molecule has 0 saturated carbocycles. The van der Waals surface area contributed by atoms with Gasteiger partial charge in [-0.1, -0.05) is 345 Å². The molecular formula is C99H104BN3. The van der Waals surface area contributed by atoms with E-state index < -0.39 is 12.8 Å². The Morgan fingerprint density at radius 1 is 0.262 bits per heavy atom. The van der Waals surface area contributed by atoms with Gasteiger partial charge in [0.15, 0.2) is 0 Å². The van der Waals surface area contributed by atoms with E-state index in [0.717, 1.165) is 134 Å². The lowest BCUT2D eigenvalue weighted by Crippen LogP contribution is -2.61. The minimum Gasteiger partial charge on any atom is -0.310 e. The summed E-state index contributed by atoms with van der Waals surface area (Å²) in [4.78, 5) is 10.7. The average molecular weight is 1350 g/mol. The van der Waals surface area contributed by atoms with Gasteiger partial charge in [-0.25, -0.2) is 0 Å². The minimum atomic E-state index is -0.441. The number of rotatable bonds is 9. The molecule has 0 saturated heterocycles. The quantitative estimate of drug-likeness (QED) is 0.134. The molecule has 0 unspecified atom stereocenters. The van der Waals surface area contributed by atoms with E-state index in [4.69, 9.17) is 6.35 Å². The van der Waals surface area contributed by atoms with Crippen molar-refractivity contribution in [3.8, 4) is 77.9 Å². The van der Waals surface area contributed by atoms with Crippen LogP contribution in [0.15, 0.2) is 249 Å². The monoisotopic (exact) mass is 1350 g/mol. The number of hydrogen-bond donors (Lipinski definition) is 0. The maximum atomic E-state index is 9.77. The first-order chi connectivity index (χ1) is 50.6. The summed E-state index contributed by atoms with van der Waals surface area (Å²) in [6.45, 7) is 47.8. The highest BCUT2D eigenvalue weighted by Gasteiger charge is 2.46. The Morgan fingerprint density at radius 3 is 0.981 bits per heavy atom. The molecule has 103 heavy (non-hydrogen) atoms. The van der Waals surface area contributed by atoms with Crippen molar-refractivity contribution >= 4 is 57.2 Å². The summed E-state index contributed by atoms with van der Waals surface area (Å²) < 4.78 is 46.9. The third-order valence-electron chi connectivity index (χ3n) is 21.2. The number of nitrogens with zero attached hydrogens (tertiary/aromatic N) is 3. The van der Waals surface area contributed by atoms with Gasteiger partial charge >= 0.3 is 0 Å². The standard InChI is InChI=1S/C99H104BN3/c1-93(2,3)73-49-69(50-74(59-73)94(4,5)6)68-46-48-83-85(54-68)102(91-78(64-37-28-23-29-38-64)43-34-44-79(91)65-39-30-24-31-40-65)86-55-71(70-51-75(95(7,8)9)60-76(52-70)96(10,11)12)56-87-90(86)100(83)82-47-45-67(63-35-26-22-27-36-63)53-84(82)103(87)92-80(66-41-32-25-33-42-66)61-77(97(13,14)15)62-81(92)72-57-88(98(16,17)18)101-89(58-72)99(19,20)21/h22-62H,1-21H3/i22D,26D,27D,35D,36D. The second-order valence-corrected chi connectivity index (χ2v) is 36.3. The third-order valence-corrected chi connectivity index (χ3v) is 21.2. The van der Waals surface area contributed by atoms with Gasteiger partial charge in [-0.2, -0.15) is 0 Å². The van der Waals surface area contributed by atoms with Gasteiger partial charge in [-0.3, -0.25) is 4.98 Å². The normalized spacial score (nSPS) is 14.1. The summed E-state index contributed by atoms with van der Waals surface area (Å²) in [5, 5.41) is 0. The zero-order valence-electron chi connectivity index (χ0n) is 69.7. The number of pyridine rings is 1. The van der Waals surface area contributed by atoms with Crippen LogP contribution in [0.5, 0.6) is 0 Å². The van der Waals surface area contributed by atoms with Crippen LogP contribution in [-0.2, 0) is 37.9 Å². The van der Waals surface area contributed by atoms with Crippen molar-refractivity contribution in [2.24, 2.45) is 0 Å². The second-order valence-electron chi connectivity index (χ2n) is 36.3. The number of anilines is 6. The van der Waals surface area contributed by atoms with E-state index in [0.29, 0.717) is 5.56 Å². The van der Waals surface area contributed by atoms with Gasteiger partial charge in [0.1, 0.15) is 0 Å². The van der Waals surface area contributed by atoms with Crippen molar-refractivity contribution in [1.82, 2.24) is 4.98 Å². The Hall–Kier alpha value is -9.77. The largest absolute Gasteiger partial charge is 0.310 e. The molecule has 0 atom stereocenters. The molecule has 0 bridgehead atoms. The third kappa shape index (κ3) is 13.5. The van der Waals surface area contributed by atoms with E-state index in [1.165, 1.54) is 22.3 Å². The van der Waals surface area contributed by atoms with Crippen molar-refractivity contribution in [3.63, 3.8) is 0 Å². The van der Waals surface area contributed by atoms with Crippen LogP contribution >= 0.6 is 0 Å². The Morgan fingerprint density at radius 2 is 0.592 bits per heavy atom. The minimum absolute atomic E-state index is 0.140. The highest BCUT2D eigenvalue weighted by molar-refractivity contribution is 7.00. The van der Waals surface area contributed by atoms with Crippen molar-refractivity contribution in [2.45, 2.75) is 183 Å². The summed E-state index contributed by atoms with van der Waals surface area (Å²) in [6.07, 6.45) is 0. The van der Waals surface area contributed by atoms with Crippen LogP contribution in [-0.4, -0.2) is 11.7 Å². The molecule has 11 aromatic carbocycles. The second kappa shape index (κ2) is 25.6. The van der Waals surface area contributed by atoms with Gasteiger partial charge in [-0.15, -0.1) is 0 Å². The van der Waals surface area contributed by atoms with Gasteiger partial charge in [-0.05, 0) is 175 Å². The zero-order chi connectivity index (χ0) is 77.6. The first kappa shape index (κ1) is 64.1. The molecule has 0 spiro atoms. The van der Waals surface area contributed by atoms with E-state index in [-0.39, 0.29) is 67.6 Å². The fourth-order valence-electron chi connectivity index (χ4n) is 15.0. The Balaban J connectivity index is 1.25. The molecule has 12 aromatic rings. The highest BCUT2D eigenvalue weighted by atomic mass is 15.2. The maximum Gasteiger partial charge on any atom is 0.252 e. The molecule has 2 aliphatic rings. The molecule has 14 rings (SSSR count). The van der Waals surface area contributed by atoms with Crippen molar-refractivity contribution < 1.29 is 6.85 Å². The average Bonchev–Trinajstić information content (AvgIpc) is 0.685. The SMILES string of the molecule is [2H]c1c([2H])c([2H])c(-c2ccc3c(c2)N(c2c(-c4ccccc4)cc(C(C)(C)C)cc2-c2cc(C(C)(C)C)nc(C(C)(C)C)c2)c2cc(-c4cc(C(C)(C)C)cc(C(C)(C)C)c4)cc4c2B3c2ccc(-c3cc(C(C)(C)C)cc(C(C)(C)C)c3)cc2N4c2c(-c3ccccc3)cccc2-c2ccccc2)c([2H])c1[2H]. The summed E-state index contributed by atoms with van der Waals surface area (Å²) in [5.74, 6) is 0. The topological polar surface area (TPSA) is 19.4 Å². The molecule has 2 aliphatic heterocycles. The van der Waals surface area contributed by atoms with Gasteiger partial charge in [0.25, 0.3) is 6.71 Å². The summed E-state index contributed by atoms with van der Waals surface area (Å²) in [7, 11) is 0. The summed E-state index contributed by atoms with van der Waals surface area (Å²) >= 11 is 0.